The number of carboxylic acid groups (broad SMARTS) is 1. The van der Waals surface area contributed by atoms with E-state index in [1.54, 1.807) is 0 Å². The van der Waals surface area contributed by atoms with E-state index in [-0.39, 0.29) is 0 Å². The molecule has 0 aliphatic heterocycles. The molecule has 0 spiro atoms. The Balaban J connectivity index is 2.01. The summed E-state index contributed by atoms with van der Waals surface area (Å²) in [6, 6.07) is 15.8. The molecule has 2 rings (SSSR count). The largest absolute Gasteiger partial charge is 0.479 e. The van der Waals surface area contributed by atoms with Gasteiger partial charge in [-0.1, -0.05) is 48.0 Å². The van der Waals surface area contributed by atoms with Crippen LogP contribution in [0.15, 0.2) is 48.5 Å². The van der Waals surface area contributed by atoms with Gasteiger partial charge in [0.1, 0.15) is 0 Å². The number of hydrogen-bond donors (Lipinski definition) is 1. The summed E-state index contributed by atoms with van der Waals surface area (Å²) in [5.41, 5.74) is 3.32. The van der Waals surface area contributed by atoms with Gasteiger partial charge in [-0.2, -0.15) is 0 Å². The molecular weight excluding hydrogens is 288 g/mol. The predicted molar refractivity (Wildman–Crippen MR) is 83.6 cm³/mol. The maximum absolute atomic E-state index is 10.7. The molecule has 0 fully saturated rings. The minimum Gasteiger partial charge on any atom is -0.479 e. The van der Waals surface area contributed by atoms with Crippen LogP contribution in [0.3, 0.4) is 0 Å². The van der Waals surface area contributed by atoms with Gasteiger partial charge in [0.2, 0.25) is 0 Å². The third-order valence-electron chi connectivity index (χ3n) is 3.21. The third-order valence-corrected chi connectivity index (χ3v) is 3.46. The average molecular weight is 305 g/mol. The molecule has 0 saturated heterocycles. The van der Waals surface area contributed by atoms with Crippen LogP contribution in [0.5, 0.6) is 0 Å². The number of benzene rings is 2. The summed E-state index contributed by atoms with van der Waals surface area (Å²) in [5.74, 6) is -0.940. The molecule has 1 unspecified atom stereocenters. The van der Waals surface area contributed by atoms with Crippen LogP contribution in [-0.2, 0) is 16.0 Å². The van der Waals surface area contributed by atoms with Crippen molar-refractivity contribution in [3.8, 4) is 11.1 Å². The van der Waals surface area contributed by atoms with Gasteiger partial charge in [-0.15, -0.1) is 0 Å². The summed E-state index contributed by atoms with van der Waals surface area (Å²) in [5, 5.41) is 9.47. The molecule has 1 N–H and O–H groups in total. The van der Waals surface area contributed by atoms with Crippen molar-refractivity contribution in [2.24, 2.45) is 0 Å². The summed E-state index contributed by atoms with van der Waals surface area (Å²) >= 11 is 5.89. The van der Waals surface area contributed by atoms with Crippen LogP contribution < -0.4 is 0 Å². The van der Waals surface area contributed by atoms with Crippen LogP contribution >= 0.6 is 11.6 Å². The normalized spacial score (nSPS) is 12.1. The lowest BCUT2D eigenvalue weighted by atomic mass is 10.0. The maximum Gasteiger partial charge on any atom is 0.332 e. The molecule has 3 nitrogen and oxygen atoms in total. The monoisotopic (exact) mass is 304 g/mol. The second kappa shape index (κ2) is 7.25. The summed E-state index contributed by atoms with van der Waals surface area (Å²) in [6.45, 7) is 1.92. The zero-order valence-corrected chi connectivity index (χ0v) is 12.5. The molecule has 0 aliphatic carbocycles. The molecule has 0 amide bonds. The topological polar surface area (TPSA) is 46.5 Å². The number of ether oxygens (including phenoxy) is 1. The minimum atomic E-state index is -0.940. The third kappa shape index (κ3) is 4.59. The summed E-state index contributed by atoms with van der Waals surface area (Å²) in [7, 11) is 0. The first-order valence-corrected chi connectivity index (χ1v) is 7.13. The average Bonchev–Trinajstić information content (AvgIpc) is 2.48. The molecule has 1 atom stereocenters. The molecule has 110 valence electrons. The molecule has 0 radical (unpaired) electrons. The van der Waals surface area contributed by atoms with Crippen LogP contribution in [0.25, 0.3) is 11.1 Å². The van der Waals surface area contributed by atoms with Crippen molar-refractivity contribution in [1.82, 2.24) is 0 Å². The van der Waals surface area contributed by atoms with Crippen molar-refractivity contribution in [2.45, 2.75) is 19.4 Å². The summed E-state index contributed by atoms with van der Waals surface area (Å²) in [6.07, 6.45) is -0.0940. The second-order valence-corrected chi connectivity index (χ2v) is 5.24. The van der Waals surface area contributed by atoms with E-state index in [2.05, 4.69) is 6.07 Å². The van der Waals surface area contributed by atoms with E-state index in [0.29, 0.717) is 18.1 Å². The molecule has 0 bridgehead atoms. The quantitative estimate of drug-likeness (QED) is 0.876. The Hall–Kier alpha value is -1.84. The Morgan fingerprint density at radius 1 is 1.19 bits per heavy atom. The highest BCUT2D eigenvalue weighted by atomic mass is 35.5. The van der Waals surface area contributed by atoms with Gasteiger partial charge in [-0.05, 0) is 42.2 Å². The summed E-state index contributed by atoms with van der Waals surface area (Å²) in [4.78, 5) is 10.7. The fraction of sp³-hybridized carbons (Fsp3) is 0.235. The van der Waals surface area contributed by atoms with Crippen molar-refractivity contribution in [1.29, 1.82) is 0 Å². The number of aliphatic carboxylic acids is 1. The Labute approximate surface area is 129 Å². The fourth-order valence-electron chi connectivity index (χ4n) is 1.97. The lowest BCUT2D eigenvalue weighted by molar-refractivity contribution is -0.149. The van der Waals surface area contributed by atoms with Crippen LogP contribution in [0.1, 0.15) is 12.5 Å². The van der Waals surface area contributed by atoms with Crippen molar-refractivity contribution >= 4 is 17.6 Å². The smallest absolute Gasteiger partial charge is 0.332 e. The molecule has 4 heteroatoms. The Morgan fingerprint density at radius 2 is 1.90 bits per heavy atom. The number of carbonyl (C=O) groups is 1. The molecule has 21 heavy (non-hydrogen) atoms. The lowest BCUT2D eigenvalue weighted by Crippen LogP contribution is -2.20. The van der Waals surface area contributed by atoms with Crippen molar-refractivity contribution in [3.05, 3.63) is 59.1 Å². The van der Waals surface area contributed by atoms with Crippen LogP contribution in [-0.4, -0.2) is 23.8 Å². The number of carboxylic acids is 1. The number of rotatable bonds is 6. The molecule has 2 aromatic rings. The van der Waals surface area contributed by atoms with Gasteiger partial charge in [-0.3, -0.25) is 0 Å². The van der Waals surface area contributed by atoms with Gasteiger partial charge >= 0.3 is 5.97 Å². The van der Waals surface area contributed by atoms with Crippen LogP contribution in [0.4, 0.5) is 0 Å². The van der Waals surface area contributed by atoms with E-state index in [9.17, 15) is 4.79 Å². The Kier molecular flexibility index (Phi) is 5.37. The SMILES string of the molecule is CC(OCCc1cccc(-c2ccc(Cl)cc2)c1)C(=O)O. The van der Waals surface area contributed by atoms with Crippen molar-refractivity contribution < 1.29 is 14.6 Å². The summed E-state index contributed by atoms with van der Waals surface area (Å²) < 4.78 is 5.25. The predicted octanol–water partition coefficient (Wildman–Crippen LogP) is 4.04. The Bertz CT molecular complexity index is 608. The molecule has 0 saturated carbocycles. The molecular formula is C17H17ClO3. The highest BCUT2D eigenvalue weighted by Gasteiger charge is 2.10. The zero-order valence-electron chi connectivity index (χ0n) is 11.8. The second-order valence-electron chi connectivity index (χ2n) is 4.81. The first-order chi connectivity index (χ1) is 10.1. The van der Waals surface area contributed by atoms with E-state index in [0.717, 1.165) is 16.7 Å². The first-order valence-electron chi connectivity index (χ1n) is 6.75. The first kappa shape index (κ1) is 15.5. The van der Waals surface area contributed by atoms with Crippen molar-refractivity contribution in [2.75, 3.05) is 6.61 Å². The van der Waals surface area contributed by atoms with Gasteiger partial charge < -0.3 is 9.84 Å². The number of halogens is 1. The Morgan fingerprint density at radius 3 is 2.57 bits per heavy atom. The molecule has 0 heterocycles. The molecule has 2 aromatic carbocycles. The van der Waals surface area contributed by atoms with E-state index >= 15 is 0 Å². The highest BCUT2D eigenvalue weighted by molar-refractivity contribution is 6.30. The zero-order chi connectivity index (χ0) is 15.2. The van der Waals surface area contributed by atoms with E-state index in [1.807, 2.05) is 42.5 Å². The minimum absolute atomic E-state index is 0.386. The lowest BCUT2D eigenvalue weighted by Gasteiger charge is -2.09. The van der Waals surface area contributed by atoms with Gasteiger partial charge in [0, 0.05) is 5.02 Å². The van der Waals surface area contributed by atoms with Crippen molar-refractivity contribution in [3.63, 3.8) is 0 Å². The van der Waals surface area contributed by atoms with Gasteiger partial charge in [0.05, 0.1) is 6.61 Å². The van der Waals surface area contributed by atoms with Gasteiger partial charge in [-0.25, -0.2) is 4.79 Å². The van der Waals surface area contributed by atoms with E-state index < -0.39 is 12.1 Å². The van der Waals surface area contributed by atoms with Gasteiger partial charge in [0.15, 0.2) is 6.10 Å². The fourth-order valence-corrected chi connectivity index (χ4v) is 2.10. The van der Waals surface area contributed by atoms with E-state index in [1.165, 1.54) is 6.92 Å². The van der Waals surface area contributed by atoms with Crippen LogP contribution in [0, 0.1) is 0 Å². The standard InChI is InChI=1S/C17H17ClO3/c1-12(17(19)20)21-10-9-13-3-2-4-15(11-13)14-5-7-16(18)8-6-14/h2-8,11-12H,9-10H2,1H3,(H,19,20). The maximum atomic E-state index is 10.7. The molecule has 0 aromatic heterocycles. The highest BCUT2D eigenvalue weighted by Crippen LogP contribution is 2.22. The number of hydrogen-bond acceptors (Lipinski definition) is 2. The van der Waals surface area contributed by atoms with Crippen LogP contribution in [0.2, 0.25) is 5.02 Å². The molecule has 0 aliphatic rings. The van der Waals surface area contributed by atoms with Gasteiger partial charge in [0.25, 0.3) is 0 Å². The van der Waals surface area contributed by atoms with E-state index in [4.69, 9.17) is 21.4 Å².